The van der Waals surface area contributed by atoms with Crippen molar-refractivity contribution in [3.63, 3.8) is 0 Å². The van der Waals surface area contributed by atoms with E-state index in [2.05, 4.69) is 6.92 Å². The third kappa shape index (κ3) is 4.75. The average molecular weight is 242 g/mol. The van der Waals surface area contributed by atoms with Gasteiger partial charge < -0.3 is 10.5 Å². The van der Waals surface area contributed by atoms with Gasteiger partial charge in [-0.2, -0.15) is 0 Å². The minimum atomic E-state index is 0.591. The van der Waals surface area contributed by atoms with E-state index in [4.69, 9.17) is 22.1 Å². The van der Waals surface area contributed by atoms with Crippen LogP contribution in [0.4, 0.5) is 5.69 Å². The number of hydrogen-bond donors (Lipinski definition) is 1. The summed E-state index contributed by atoms with van der Waals surface area (Å²) in [6.07, 6.45) is 6.17. The van der Waals surface area contributed by atoms with Crippen LogP contribution in [0, 0.1) is 0 Å². The highest BCUT2D eigenvalue weighted by atomic mass is 35.5. The van der Waals surface area contributed by atoms with Crippen LogP contribution in [-0.2, 0) is 0 Å². The van der Waals surface area contributed by atoms with Gasteiger partial charge in [0.15, 0.2) is 0 Å². The number of halogens is 1. The van der Waals surface area contributed by atoms with Crippen molar-refractivity contribution in [2.45, 2.75) is 39.0 Å². The molecule has 16 heavy (non-hydrogen) atoms. The third-order valence-corrected chi connectivity index (χ3v) is 2.76. The predicted octanol–water partition coefficient (Wildman–Crippen LogP) is 4.27. The van der Waals surface area contributed by atoms with Crippen molar-refractivity contribution in [1.29, 1.82) is 0 Å². The zero-order chi connectivity index (χ0) is 11.8. The van der Waals surface area contributed by atoms with Crippen molar-refractivity contribution in [1.82, 2.24) is 0 Å². The SMILES string of the molecule is CCCCCCCOc1ccc(N)cc1Cl. The molecule has 0 aliphatic heterocycles. The van der Waals surface area contributed by atoms with Crippen molar-refractivity contribution in [2.24, 2.45) is 0 Å². The molecule has 2 N–H and O–H groups in total. The number of hydrogen-bond acceptors (Lipinski definition) is 2. The zero-order valence-electron chi connectivity index (χ0n) is 9.84. The maximum Gasteiger partial charge on any atom is 0.138 e. The summed E-state index contributed by atoms with van der Waals surface area (Å²) >= 11 is 5.99. The Balaban J connectivity index is 2.21. The van der Waals surface area contributed by atoms with Gasteiger partial charge in [0.05, 0.1) is 11.6 Å². The monoisotopic (exact) mass is 241 g/mol. The van der Waals surface area contributed by atoms with Crippen LogP contribution in [0.1, 0.15) is 39.0 Å². The number of ether oxygens (including phenoxy) is 1. The molecule has 0 aromatic heterocycles. The Morgan fingerprint density at radius 3 is 2.62 bits per heavy atom. The van der Waals surface area contributed by atoms with Crippen LogP contribution in [-0.4, -0.2) is 6.61 Å². The van der Waals surface area contributed by atoms with Gasteiger partial charge in [0, 0.05) is 5.69 Å². The van der Waals surface area contributed by atoms with Gasteiger partial charge in [-0.1, -0.05) is 44.2 Å². The molecule has 0 amide bonds. The molecule has 0 aliphatic rings. The second-order valence-electron chi connectivity index (χ2n) is 3.95. The first kappa shape index (κ1) is 13.2. The van der Waals surface area contributed by atoms with E-state index in [1.807, 2.05) is 6.07 Å². The van der Waals surface area contributed by atoms with Crippen LogP contribution in [0.3, 0.4) is 0 Å². The lowest BCUT2D eigenvalue weighted by molar-refractivity contribution is 0.305. The minimum Gasteiger partial charge on any atom is -0.492 e. The number of anilines is 1. The predicted molar refractivity (Wildman–Crippen MR) is 70.1 cm³/mol. The smallest absolute Gasteiger partial charge is 0.138 e. The van der Waals surface area contributed by atoms with Gasteiger partial charge in [-0.25, -0.2) is 0 Å². The molecule has 2 nitrogen and oxygen atoms in total. The summed E-state index contributed by atoms with van der Waals surface area (Å²) in [4.78, 5) is 0. The van der Waals surface area contributed by atoms with E-state index < -0.39 is 0 Å². The van der Waals surface area contributed by atoms with Crippen molar-refractivity contribution < 1.29 is 4.74 Å². The van der Waals surface area contributed by atoms with Gasteiger partial charge in [0.25, 0.3) is 0 Å². The molecule has 0 bridgehead atoms. The fraction of sp³-hybridized carbons (Fsp3) is 0.538. The summed E-state index contributed by atoms with van der Waals surface area (Å²) in [5.74, 6) is 0.728. The molecule has 3 heteroatoms. The fourth-order valence-corrected chi connectivity index (χ4v) is 1.77. The summed E-state index contributed by atoms with van der Waals surface area (Å²) in [5.41, 5.74) is 6.26. The molecule has 1 aromatic carbocycles. The van der Waals surface area contributed by atoms with Crippen molar-refractivity contribution >= 4 is 17.3 Å². The normalized spacial score (nSPS) is 10.4. The van der Waals surface area contributed by atoms with E-state index in [0.29, 0.717) is 10.7 Å². The van der Waals surface area contributed by atoms with Crippen LogP contribution in [0.25, 0.3) is 0 Å². The number of unbranched alkanes of at least 4 members (excludes halogenated alkanes) is 4. The standard InChI is InChI=1S/C13H20ClNO/c1-2-3-4-5-6-9-16-13-8-7-11(15)10-12(13)14/h7-8,10H,2-6,9,15H2,1H3. The van der Waals surface area contributed by atoms with Crippen molar-refractivity contribution in [3.05, 3.63) is 23.2 Å². The molecule has 1 rings (SSSR count). The quantitative estimate of drug-likeness (QED) is 0.572. The number of nitrogen functional groups attached to an aromatic ring is 1. The first-order valence-corrected chi connectivity index (χ1v) is 6.29. The maximum atomic E-state index is 5.99. The Hall–Kier alpha value is -0.890. The first-order chi connectivity index (χ1) is 7.74. The zero-order valence-corrected chi connectivity index (χ0v) is 10.6. The Labute approximate surface area is 103 Å². The van der Waals surface area contributed by atoms with Gasteiger partial charge in [0.1, 0.15) is 5.75 Å². The molecular formula is C13H20ClNO. The fourth-order valence-electron chi connectivity index (χ4n) is 1.52. The molecule has 0 saturated carbocycles. The van der Waals surface area contributed by atoms with E-state index in [1.54, 1.807) is 12.1 Å². The lowest BCUT2D eigenvalue weighted by Crippen LogP contribution is -1.98. The average Bonchev–Trinajstić information content (AvgIpc) is 2.26. The van der Waals surface area contributed by atoms with Gasteiger partial charge in [-0.05, 0) is 24.6 Å². The Morgan fingerprint density at radius 2 is 1.94 bits per heavy atom. The molecule has 0 spiro atoms. The molecule has 0 fully saturated rings. The first-order valence-electron chi connectivity index (χ1n) is 5.92. The highest BCUT2D eigenvalue weighted by Gasteiger charge is 2.01. The summed E-state index contributed by atoms with van der Waals surface area (Å²) < 4.78 is 5.58. The van der Waals surface area contributed by atoms with E-state index in [9.17, 15) is 0 Å². The number of nitrogens with two attached hydrogens (primary N) is 1. The summed E-state index contributed by atoms with van der Waals surface area (Å²) in [7, 11) is 0. The molecule has 0 radical (unpaired) electrons. The lowest BCUT2D eigenvalue weighted by atomic mass is 10.2. The summed E-state index contributed by atoms with van der Waals surface area (Å²) in [5, 5.41) is 0.591. The second kappa shape index (κ2) is 7.39. The Morgan fingerprint density at radius 1 is 1.19 bits per heavy atom. The van der Waals surface area contributed by atoms with Crippen molar-refractivity contribution in [3.8, 4) is 5.75 Å². The van der Waals surface area contributed by atoms with Crippen molar-refractivity contribution in [2.75, 3.05) is 12.3 Å². The molecule has 0 saturated heterocycles. The van der Waals surface area contributed by atoms with Crippen LogP contribution in [0.15, 0.2) is 18.2 Å². The number of rotatable bonds is 7. The van der Waals surface area contributed by atoms with Gasteiger partial charge in [-0.15, -0.1) is 0 Å². The maximum absolute atomic E-state index is 5.99. The van der Waals surface area contributed by atoms with Crippen LogP contribution >= 0.6 is 11.6 Å². The second-order valence-corrected chi connectivity index (χ2v) is 4.36. The van der Waals surface area contributed by atoms with E-state index in [0.717, 1.165) is 18.8 Å². The van der Waals surface area contributed by atoms with Crippen LogP contribution in [0.2, 0.25) is 5.02 Å². The molecule has 0 atom stereocenters. The topological polar surface area (TPSA) is 35.2 Å². The number of benzene rings is 1. The Bertz CT molecular complexity index is 315. The minimum absolute atomic E-state index is 0.591. The molecule has 0 aliphatic carbocycles. The summed E-state index contributed by atoms with van der Waals surface area (Å²) in [6.45, 7) is 2.94. The largest absolute Gasteiger partial charge is 0.492 e. The highest BCUT2D eigenvalue weighted by Crippen LogP contribution is 2.26. The molecule has 0 heterocycles. The molecule has 0 unspecified atom stereocenters. The van der Waals surface area contributed by atoms with E-state index in [-0.39, 0.29) is 0 Å². The molecule has 1 aromatic rings. The van der Waals surface area contributed by atoms with E-state index in [1.165, 1.54) is 25.7 Å². The lowest BCUT2D eigenvalue weighted by Gasteiger charge is -2.08. The highest BCUT2D eigenvalue weighted by molar-refractivity contribution is 6.32. The summed E-state index contributed by atoms with van der Waals surface area (Å²) in [6, 6.07) is 5.34. The van der Waals surface area contributed by atoms with Crippen LogP contribution < -0.4 is 10.5 Å². The van der Waals surface area contributed by atoms with Gasteiger partial charge in [0.2, 0.25) is 0 Å². The van der Waals surface area contributed by atoms with Crippen LogP contribution in [0.5, 0.6) is 5.75 Å². The molecular weight excluding hydrogens is 222 g/mol. The molecule has 90 valence electrons. The Kier molecular flexibility index (Phi) is 6.09. The third-order valence-electron chi connectivity index (χ3n) is 2.46. The van der Waals surface area contributed by atoms with E-state index >= 15 is 0 Å². The van der Waals surface area contributed by atoms with Gasteiger partial charge >= 0.3 is 0 Å². The van der Waals surface area contributed by atoms with Gasteiger partial charge in [-0.3, -0.25) is 0 Å².